The molecule has 196 valence electrons. The van der Waals surface area contributed by atoms with Gasteiger partial charge in [0, 0.05) is 23.6 Å². The highest BCUT2D eigenvalue weighted by Gasteiger charge is 2.29. The first-order valence-electron chi connectivity index (χ1n) is 13.7. The Morgan fingerprint density at radius 1 is 0.722 bits per heavy atom. The molecule has 0 unspecified atom stereocenters. The van der Waals surface area contributed by atoms with Crippen LogP contribution in [0.3, 0.4) is 0 Å². The molecule has 0 spiro atoms. The maximum Gasteiger partial charge on any atom is 0.255 e. The van der Waals surface area contributed by atoms with Gasteiger partial charge >= 0.3 is 0 Å². The lowest BCUT2D eigenvalue weighted by Crippen LogP contribution is -2.35. The predicted octanol–water partition coefficient (Wildman–Crippen LogP) is 9.30. The van der Waals surface area contributed by atoms with Crippen molar-refractivity contribution in [3.8, 4) is 17.4 Å². The molecule has 0 N–H and O–H groups in total. The van der Waals surface area contributed by atoms with Gasteiger partial charge in [-0.3, -0.25) is 0 Å². The number of hydrogen-bond acceptors (Lipinski definition) is 1. The van der Waals surface area contributed by atoms with Gasteiger partial charge in [0.1, 0.15) is 17.4 Å². The van der Waals surface area contributed by atoms with Gasteiger partial charge < -0.3 is 0 Å². The Morgan fingerprint density at radius 2 is 1.14 bits per heavy atom. The summed E-state index contributed by atoms with van der Waals surface area (Å²) < 4.78 is 4.33. The lowest BCUT2D eigenvalue weighted by atomic mass is 9.92. The van der Waals surface area contributed by atoms with E-state index in [1.807, 2.05) is 13.8 Å². The Labute approximate surface area is 221 Å². The molecule has 0 radical (unpaired) electrons. The molecule has 3 heteroatoms. The summed E-state index contributed by atoms with van der Waals surface area (Å²) in [5.74, 6) is 1.99. The van der Waals surface area contributed by atoms with Crippen molar-refractivity contribution in [2.75, 3.05) is 0 Å². The van der Waals surface area contributed by atoms with E-state index in [9.17, 15) is 5.26 Å². The summed E-state index contributed by atoms with van der Waals surface area (Å²) in [5.41, 5.74) is 9.07. The fraction of sp³-hybridized carbons (Fsp3) is 0.515. The Balaban J connectivity index is 0.000000982. The van der Waals surface area contributed by atoms with Gasteiger partial charge in [-0.25, -0.2) is 0 Å². The molecule has 0 aliphatic heterocycles. The first kappa shape index (κ1) is 31.2. The van der Waals surface area contributed by atoms with E-state index >= 15 is 0 Å². The first-order valence-corrected chi connectivity index (χ1v) is 13.7. The maximum absolute atomic E-state index is 10.1. The van der Waals surface area contributed by atoms with E-state index in [1.165, 1.54) is 27.9 Å². The molecule has 0 aliphatic rings. The fourth-order valence-corrected chi connectivity index (χ4v) is 4.34. The van der Waals surface area contributed by atoms with Crippen LogP contribution in [-0.2, 0) is 0 Å². The molecule has 1 aromatic heterocycles. The van der Waals surface area contributed by atoms with Crippen LogP contribution in [0.4, 0.5) is 0 Å². The van der Waals surface area contributed by atoms with Gasteiger partial charge in [0.15, 0.2) is 5.69 Å². The minimum Gasteiger partial charge on any atom is -0.197 e. The summed E-state index contributed by atoms with van der Waals surface area (Å²) in [6, 6.07) is 15.5. The number of benzene rings is 2. The quantitative estimate of drug-likeness (QED) is 0.329. The zero-order chi connectivity index (χ0) is 27.7. The summed E-state index contributed by atoms with van der Waals surface area (Å²) in [4.78, 5) is 0. The van der Waals surface area contributed by atoms with Gasteiger partial charge in [-0.15, -0.1) is 0 Å². The molecule has 0 aliphatic carbocycles. The molecule has 0 saturated heterocycles. The van der Waals surface area contributed by atoms with Crippen molar-refractivity contribution < 1.29 is 4.57 Å². The molecule has 1 heterocycles. The van der Waals surface area contributed by atoms with Gasteiger partial charge in [-0.2, -0.15) is 14.4 Å². The van der Waals surface area contributed by atoms with Crippen LogP contribution >= 0.6 is 0 Å². The van der Waals surface area contributed by atoms with E-state index in [0.29, 0.717) is 23.4 Å². The van der Waals surface area contributed by atoms with Crippen molar-refractivity contribution >= 4 is 0 Å². The minimum absolute atomic E-state index is 0.372. The Kier molecular flexibility index (Phi) is 12.1. The predicted molar refractivity (Wildman–Crippen MR) is 156 cm³/mol. The zero-order valence-electron chi connectivity index (χ0n) is 25.2. The van der Waals surface area contributed by atoms with Crippen molar-refractivity contribution in [3.63, 3.8) is 0 Å². The molecule has 3 rings (SSSR count). The van der Waals surface area contributed by atoms with Crippen LogP contribution in [0.15, 0.2) is 42.7 Å². The number of rotatable bonds is 5. The topological polar surface area (TPSA) is 32.6 Å². The molecule has 2 aromatic carbocycles. The molecule has 0 bridgehead atoms. The SMILES string of the molecule is CC.CC(C)C.Cc1cccc(C(C)C)c1-[n+]1cn(-c2c(C(C)C)cccc2C(C)C)c(C)c1C#N. The average molecular weight is 489 g/mol. The van der Waals surface area contributed by atoms with E-state index < -0.39 is 0 Å². The molecule has 0 fully saturated rings. The Morgan fingerprint density at radius 3 is 1.56 bits per heavy atom. The molecule has 0 atom stereocenters. The number of para-hydroxylation sites is 2. The van der Waals surface area contributed by atoms with Gasteiger partial charge in [0.25, 0.3) is 12.0 Å². The van der Waals surface area contributed by atoms with E-state index in [0.717, 1.165) is 17.3 Å². The number of nitrogens with zero attached hydrogens (tertiary/aromatic N) is 3. The van der Waals surface area contributed by atoms with Gasteiger partial charge in [0.05, 0.1) is 0 Å². The number of hydrogen-bond donors (Lipinski definition) is 0. The smallest absolute Gasteiger partial charge is 0.197 e. The molecular weight excluding hydrogens is 438 g/mol. The van der Waals surface area contributed by atoms with Crippen LogP contribution in [0.5, 0.6) is 0 Å². The third kappa shape index (κ3) is 7.10. The lowest BCUT2D eigenvalue weighted by Gasteiger charge is -2.17. The summed E-state index contributed by atoms with van der Waals surface area (Å²) in [6.07, 6.45) is 2.12. The summed E-state index contributed by atoms with van der Waals surface area (Å²) in [5, 5.41) is 10.1. The van der Waals surface area contributed by atoms with Crippen molar-refractivity contribution in [2.24, 2.45) is 5.92 Å². The summed E-state index contributed by atoms with van der Waals surface area (Å²) in [6.45, 7) is 28.0. The molecule has 0 amide bonds. The van der Waals surface area contributed by atoms with Crippen molar-refractivity contribution in [1.82, 2.24) is 4.57 Å². The molecule has 36 heavy (non-hydrogen) atoms. The molecule has 3 aromatic rings. The number of aromatic nitrogens is 2. The van der Waals surface area contributed by atoms with E-state index in [-0.39, 0.29) is 0 Å². The third-order valence-corrected chi connectivity index (χ3v) is 6.00. The second-order valence-electron chi connectivity index (χ2n) is 10.9. The van der Waals surface area contributed by atoms with Gasteiger partial charge in [-0.05, 0) is 36.2 Å². The van der Waals surface area contributed by atoms with E-state index in [4.69, 9.17) is 0 Å². The summed E-state index contributed by atoms with van der Waals surface area (Å²) in [7, 11) is 0. The normalized spacial score (nSPS) is 10.8. The van der Waals surface area contributed by atoms with Crippen molar-refractivity contribution in [1.29, 1.82) is 5.26 Å². The third-order valence-electron chi connectivity index (χ3n) is 6.00. The maximum atomic E-state index is 10.1. The highest BCUT2D eigenvalue weighted by Crippen LogP contribution is 2.33. The largest absolute Gasteiger partial charge is 0.255 e. The molecule has 3 nitrogen and oxygen atoms in total. The van der Waals surface area contributed by atoms with Crippen LogP contribution in [0.25, 0.3) is 11.4 Å². The molecular formula is C33H50N3+. The van der Waals surface area contributed by atoms with Crippen molar-refractivity contribution in [3.05, 3.63) is 76.4 Å². The van der Waals surface area contributed by atoms with Crippen LogP contribution in [0.1, 0.15) is 128 Å². The summed E-state index contributed by atoms with van der Waals surface area (Å²) >= 11 is 0. The van der Waals surface area contributed by atoms with Crippen LogP contribution < -0.4 is 4.57 Å². The number of imidazole rings is 1. The van der Waals surface area contributed by atoms with Crippen LogP contribution in [-0.4, -0.2) is 4.57 Å². The monoisotopic (exact) mass is 488 g/mol. The van der Waals surface area contributed by atoms with E-state index in [1.54, 1.807) is 0 Å². The van der Waals surface area contributed by atoms with Gasteiger partial charge in [0.2, 0.25) is 0 Å². The second-order valence-corrected chi connectivity index (χ2v) is 10.9. The zero-order valence-corrected chi connectivity index (χ0v) is 25.2. The first-order chi connectivity index (χ1) is 16.9. The molecule has 0 saturated carbocycles. The fourth-order valence-electron chi connectivity index (χ4n) is 4.34. The highest BCUT2D eigenvalue weighted by molar-refractivity contribution is 5.53. The van der Waals surface area contributed by atoms with Crippen molar-refractivity contribution in [2.45, 2.75) is 108 Å². The minimum atomic E-state index is 0.372. The number of aryl methyl sites for hydroxylation is 1. The highest BCUT2D eigenvalue weighted by atomic mass is 15.2. The standard InChI is InChI=1S/C27H34N3.C4H10.C2H6/c1-17(2)22-12-9-11-20(7)26(22)30-16-29(21(8)25(30)15-28)27-23(18(3)4)13-10-14-24(27)19(5)6;1-4(2)3;1-2/h9-14,16-19H,1-8H3;4H,1-3H3;1-2H3/q+1;;. The number of nitriles is 1. The Hall–Kier alpha value is -2.86. The van der Waals surface area contributed by atoms with Crippen LogP contribution in [0.2, 0.25) is 0 Å². The average Bonchev–Trinajstić information content (AvgIpc) is 3.14. The van der Waals surface area contributed by atoms with Gasteiger partial charge in [-0.1, -0.05) is 113 Å². The van der Waals surface area contributed by atoms with Crippen LogP contribution in [0, 0.1) is 31.1 Å². The van der Waals surface area contributed by atoms with E-state index in [2.05, 4.69) is 134 Å². The second kappa shape index (κ2) is 14.0. The lowest BCUT2D eigenvalue weighted by molar-refractivity contribution is -0.598. The Bertz CT molecular complexity index is 1130.